The Bertz CT molecular complexity index is 272. The maximum absolute atomic E-state index is 11.1. The van der Waals surface area contributed by atoms with Crippen molar-refractivity contribution in [3.05, 3.63) is 10.4 Å². The molecule has 0 atom stereocenters. The SMILES string of the molecule is COC(=O)CCCCCCC(=O)CN=[N+]=[N-]. The van der Waals surface area contributed by atoms with Gasteiger partial charge in [0, 0.05) is 17.8 Å². The van der Waals surface area contributed by atoms with E-state index in [1.165, 1.54) is 7.11 Å². The van der Waals surface area contributed by atoms with E-state index in [2.05, 4.69) is 14.8 Å². The van der Waals surface area contributed by atoms with Crippen molar-refractivity contribution < 1.29 is 14.3 Å². The average Bonchev–Trinajstić information content (AvgIpc) is 2.30. The van der Waals surface area contributed by atoms with E-state index in [4.69, 9.17) is 5.53 Å². The monoisotopic (exact) mass is 227 g/mol. The van der Waals surface area contributed by atoms with Crippen molar-refractivity contribution in [2.75, 3.05) is 13.7 Å². The fraction of sp³-hybridized carbons (Fsp3) is 0.800. The van der Waals surface area contributed by atoms with Crippen molar-refractivity contribution in [2.45, 2.75) is 38.5 Å². The Morgan fingerprint density at radius 2 is 1.81 bits per heavy atom. The molecule has 0 radical (unpaired) electrons. The topological polar surface area (TPSA) is 92.1 Å². The second-order valence-corrected chi connectivity index (χ2v) is 3.42. The maximum atomic E-state index is 11.1. The van der Waals surface area contributed by atoms with E-state index >= 15 is 0 Å². The number of rotatable bonds is 9. The Morgan fingerprint density at radius 1 is 1.19 bits per heavy atom. The lowest BCUT2D eigenvalue weighted by Crippen LogP contribution is -2.01. The number of carbonyl (C=O) groups is 2. The van der Waals surface area contributed by atoms with E-state index < -0.39 is 0 Å². The van der Waals surface area contributed by atoms with Gasteiger partial charge in [0.05, 0.1) is 13.7 Å². The molecule has 0 spiro atoms. The summed E-state index contributed by atoms with van der Waals surface area (Å²) >= 11 is 0. The molecular formula is C10H17N3O3. The van der Waals surface area contributed by atoms with E-state index in [0.29, 0.717) is 12.8 Å². The minimum Gasteiger partial charge on any atom is -0.469 e. The van der Waals surface area contributed by atoms with Gasteiger partial charge in [0.2, 0.25) is 0 Å². The standard InChI is InChI=1S/C10H17N3O3/c1-16-10(15)7-5-3-2-4-6-9(14)8-12-13-11/h2-8H2,1H3. The van der Waals surface area contributed by atoms with Gasteiger partial charge in [-0.25, -0.2) is 0 Å². The number of ketones is 1. The smallest absolute Gasteiger partial charge is 0.305 e. The molecule has 0 amide bonds. The minimum atomic E-state index is -0.195. The van der Waals surface area contributed by atoms with Crippen molar-refractivity contribution >= 4 is 11.8 Å². The second kappa shape index (κ2) is 9.98. The summed E-state index contributed by atoms with van der Waals surface area (Å²) in [6.07, 6.45) is 4.25. The number of unbranched alkanes of at least 4 members (excludes halogenated alkanes) is 3. The van der Waals surface area contributed by atoms with Crippen molar-refractivity contribution in [1.29, 1.82) is 0 Å². The van der Waals surface area contributed by atoms with Crippen LogP contribution in [-0.2, 0) is 14.3 Å². The van der Waals surface area contributed by atoms with Gasteiger partial charge in [-0.3, -0.25) is 9.59 Å². The van der Waals surface area contributed by atoms with Crippen LogP contribution >= 0.6 is 0 Å². The number of hydrogen-bond donors (Lipinski definition) is 0. The van der Waals surface area contributed by atoms with Crippen LogP contribution in [-0.4, -0.2) is 25.4 Å². The van der Waals surface area contributed by atoms with Gasteiger partial charge in [-0.2, -0.15) is 0 Å². The highest BCUT2D eigenvalue weighted by Gasteiger charge is 2.01. The van der Waals surface area contributed by atoms with Gasteiger partial charge < -0.3 is 4.74 Å². The molecule has 90 valence electrons. The summed E-state index contributed by atoms with van der Waals surface area (Å²) in [5.74, 6) is -0.231. The number of Topliss-reactive ketones (excluding diaryl/α,β-unsaturated/α-hetero) is 1. The summed E-state index contributed by atoms with van der Waals surface area (Å²) in [5.41, 5.74) is 7.99. The van der Waals surface area contributed by atoms with Crippen LogP contribution in [0.3, 0.4) is 0 Å². The van der Waals surface area contributed by atoms with Gasteiger partial charge in [0.25, 0.3) is 0 Å². The molecule has 6 nitrogen and oxygen atoms in total. The molecule has 0 saturated heterocycles. The fourth-order valence-electron chi connectivity index (χ4n) is 1.24. The Morgan fingerprint density at radius 3 is 2.38 bits per heavy atom. The zero-order chi connectivity index (χ0) is 12.2. The number of nitrogens with zero attached hydrogens (tertiary/aromatic N) is 3. The average molecular weight is 227 g/mol. The second-order valence-electron chi connectivity index (χ2n) is 3.42. The molecule has 0 saturated carbocycles. The third-order valence-electron chi connectivity index (χ3n) is 2.12. The zero-order valence-electron chi connectivity index (χ0n) is 9.52. The Balaban J connectivity index is 3.30. The number of hydrogen-bond acceptors (Lipinski definition) is 4. The first-order valence-electron chi connectivity index (χ1n) is 5.30. The Hall–Kier alpha value is -1.55. The summed E-state index contributed by atoms with van der Waals surface area (Å²) in [4.78, 5) is 24.3. The lowest BCUT2D eigenvalue weighted by atomic mass is 10.1. The predicted molar refractivity (Wildman–Crippen MR) is 58.7 cm³/mol. The van der Waals surface area contributed by atoms with Gasteiger partial charge in [-0.1, -0.05) is 18.0 Å². The number of carbonyl (C=O) groups excluding carboxylic acids is 2. The summed E-state index contributed by atoms with van der Waals surface area (Å²) in [6, 6.07) is 0. The largest absolute Gasteiger partial charge is 0.469 e. The van der Waals surface area contributed by atoms with Crippen LogP contribution in [0.5, 0.6) is 0 Å². The third kappa shape index (κ3) is 9.02. The van der Waals surface area contributed by atoms with E-state index in [9.17, 15) is 9.59 Å². The van der Waals surface area contributed by atoms with Crippen LogP contribution in [0.2, 0.25) is 0 Å². The van der Waals surface area contributed by atoms with E-state index in [0.717, 1.165) is 25.7 Å². The van der Waals surface area contributed by atoms with Crippen molar-refractivity contribution in [3.63, 3.8) is 0 Å². The maximum Gasteiger partial charge on any atom is 0.305 e. The molecular weight excluding hydrogens is 210 g/mol. The van der Waals surface area contributed by atoms with Crippen LogP contribution in [0.25, 0.3) is 10.4 Å². The molecule has 0 aromatic carbocycles. The van der Waals surface area contributed by atoms with E-state index in [1.54, 1.807) is 0 Å². The van der Waals surface area contributed by atoms with Crippen LogP contribution in [0.15, 0.2) is 5.11 Å². The molecule has 0 aliphatic heterocycles. The molecule has 0 aromatic heterocycles. The van der Waals surface area contributed by atoms with Gasteiger partial charge in [-0.05, 0) is 18.4 Å². The quantitative estimate of drug-likeness (QED) is 0.199. The first kappa shape index (κ1) is 14.5. The molecule has 0 fully saturated rings. The third-order valence-corrected chi connectivity index (χ3v) is 2.12. The van der Waals surface area contributed by atoms with Gasteiger partial charge >= 0.3 is 5.97 Å². The molecule has 0 bridgehead atoms. The van der Waals surface area contributed by atoms with Crippen molar-refractivity contribution in [2.24, 2.45) is 5.11 Å². The summed E-state index contributed by atoms with van der Waals surface area (Å²) < 4.78 is 4.50. The summed E-state index contributed by atoms with van der Waals surface area (Å²) in [6.45, 7) is -0.0569. The highest BCUT2D eigenvalue weighted by atomic mass is 16.5. The Kier molecular flexibility index (Phi) is 9.02. The first-order chi connectivity index (χ1) is 7.70. The van der Waals surface area contributed by atoms with Crippen LogP contribution in [0.1, 0.15) is 38.5 Å². The lowest BCUT2D eigenvalue weighted by molar-refractivity contribution is -0.140. The number of azide groups is 1. The molecule has 6 heteroatoms. The van der Waals surface area contributed by atoms with Gasteiger partial charge in [0.15, 0.2) is 0 Å². The molecule has 16 heavy (non-hydrogen) atoms. The van der Waals surface area contributed by atoms with Crippen molar-refractivity contribution in [1.82, 2.24) is 0 Å². The first-order valence-corrected chi connectivity index (χ1v) is 5.30. The molecule has 0 aliphatic rings. The molecule has 0 heterocycles. The Labute approximate surface area is 94.6 Å². The molecule has 0 unspecified atom stereocenters. The number of ether oxygens (including phenoxy) is 1. The van der Waals surface area contributed by atoms with E-state index in [1.807, 2.05) is 0 Å². The van der Waals surface area contributed by atoms with Crippen LogP contribution in [0.4, 0.5) is 0 Å². The highest BCUT2D eigenvalue weighted by Crippen LogP contribution is 2.06. The molecule has 0 aliphatic carbocycles. The normalized spacial score (nSPS) is 9.31. The van der Waals surface area contributed by atoms with Gasteiger partial charge in [-0.15, -0.1) is 0 Å². The summed E-state index contributed by atoms with van der Waals surface area (Å²) in [7, 11) is 1.37. The van der Waals surface area contributed by atoms with E-state index in [-0.39, 0.29) is 18.3 Å². The molecule has 0 aromatic rings. The fourth-order valence-corrected chi connectivity index (χ4v) is 1.24. The zero-order valence-corrected chi connectivity index (χ0v) is 9.52. The van der Waals surface area contributed by atoms with Crippen LogP contribution in [0, 0.1) is 0 Å². The van der Waals surface area contributed by atoms with Crippen LogP contribution < -0.4 is 0 Å². The van der Waals surface area contributed by atoms with Crippen molar-refractivity contribution in [3.8, 4) is 0 Å². The van der Waals surface area contributed by atoms with Gasteiger partial charge in [0.1, 0.15) is 5.78 Å². The molecule has 0 N–H and O–H groups in total. The minimum absolute atomic E-state index is 0.0363. The number of methoxy groups -OCH3 is 1. The summed E-state index contributed by atoms with van der Waals surface area (Å²) in [5, 5.41) is 3.19. The highest BCUT2D eigenvalue weighted by molar-refractivity contribution is 5.80. The lowest BCUT2D eigenvalue weighted by Gasteiger charge is -2.00. The predicted octanol–water partition coefficient (Wildman–Crippen LogP) is 2.38. The molecule has 0 rings (SSSR count). The number of esters is 1.